The van der Waals surface area contributed by atoms with Crippen molar-refractivity contribution in [2.24, 2.45) is 0 Å². The number of amides is 3. The maximum Gasteiger partial charge on any atom is 0.294 e. The van der Waals surface area contributed by atoms with Crippen LogP contribution in [0, 0.1) is 17.0 Å². The monoisotopic (exact) mass is 413 g/mol. The first-order chi connectivity index (χ1) is 13.7. The second-order valence-electron chi connectivity index (χ2n) is 6.19. The molecule has 10 heteroatoms. The Morgan fingerprint density at radius 2 is 1.93 bits per heavy atom. The van der Waals surface area contributed by atoms with Crippen LogP contribution in [0.3, 0.4) is 0 Å². The normalized spacial score (nSPS) is 15.1. The van der Waals surface area contributed by atoms with E-state index in [0.717, 1.165) is 46.0 Å². The van der Waals surface area contributed by atoms with Gasteiger partial charge in [-0.1, -0.05) is 29.8 Å². The van der Waals surface area contributed by atoms with Crippen LogP contribution in [0.25, 0.3) is 6.08 Å². The number of carbonyl (C=O) groups is 3. The molecule has 0 aliphatic carbocycles. The molecule has 0 saturated carbocycles. The van der Waals surface area contributed by atoms with Gasteiger partial charge in [-0.3, -0.25) is 29.4 Å². The summed E-state index contributed by atoms with van der Waals surface area (Å²) in [5.41, 5.74) is 1.28. The van der Waals surface area contributed by atoms with E-state index in [1.807, 2.05) is 19.1 Å². The summed E-state index contributed by atoms with van der Waals surface area (Å²) in [7, 11) is 0. The van der Waals surface area contributed by atoms with Crippen LogP contribution in [0.15, 0.2) is 47.4 Å². The Kier molecular flexibility index (Phi) is 5.64. The van der Waals surface area contributed by atoms with Crippen molar-refractivity contribution in [3.8, 4) is 5.75 Å². The number of nitrogens with zero attached hydrogens (tertiary/aromatic N) is 2. The lowest BCUT2D eigenvalue weighted by molar-refractivity contribution is -0.384. The van der Waals surface area contributed by atoms with Gasteiger partial charge in [0, 0.05) is 12.1 Å². The predicted octanol–water partition coefficient (Wildman–Crippen LogP) is 3.28. The zero-order valence-electron chi connectivity index (χ0n) is 15.1. The van der Waals surface area contributed by atoms with Crippen molar-refractivity contribution >= 4 is 46.3 Å². The number of nitro benzene ring substituents is 1. The molecule has 0 spiro atoms. The van der Waals surface area contributed by atoms with Gasteiger partial charge in [0.05, 0.1) is 15.5 Å². The quantitative estimate of drug-likeness (QED) is 0.333. The number of phenols is 1. The number of aromatic hydroxyl groups is 1. The van der Waals surface area contributed by atoms with Gasteiger partial charge >= 0.3 is 0 Å². The van der Waals surface area contributed by atoms with E-state index in [0.29, 0.717) is 0 Å². The lowest BCUT2D eigenvalue weighted by Crippen LogP contribution is -2.36. The van der Waals surface area contributed by atoms with E-state index in [4.69, 9.17) is 0 Å². The first kappa shape index (κ1) is 20.1. The average molecular weight is 413 g/mol. The fraction of sp³-hybridized carbons (Fsp3) is 0.105. The van der Waals surface area contributed by atoms with Crippen LogP contribution < -0.4 is 5.32 Å². The van der Waals surface area contributed by atoms with Crippen molar-refractivity contribution < 1.29 is 24.4 Å². The first-order valence-corrected chi connectivity index (χ1v) is 9.15. The summed E-state index contributed by atoms with van der Waals surface area (Å²) >= 11 is 0.718. The Bertz CT molecular complexity index is 1050. The number of imide groups is 1. The molecule has 3 rings (SSSR count). The Morgan fingerprint density at radius 1 is 1.24 bits per heavy atom. The zero-order valence-corrected chi connectivity index (χ0v) is 15.9. The van der Waals surface area contributed by atoms with Crippen molar-refractivity contribution in [2.45, 2.75) is 6.92 Å². The van der Waals surface area contributed by atoms with E-state index < -0.39 is 28.5 Å². The molecule has 0 atom stereocenters. The van der Waals surface area contributed by atoms with Crippen molar-refractivity contribution in [1.29, 1.82) is 0 Å². The van der Waals surface area contributed by atoms with Crippen LogP contribution in [-0.4, -0.2) is 38.5 Å². The number of carbonyl (C=O) groups excluding carboxylic acids is 3. The Balaban J connectivity index is 1.71. The van der Waals surface area contributed by atoms with Crippen molar-refractivity contribution in [3.63, 3.8) is 0 Å². The molecule has 1 fully saturated rings. The maximum absolute atomic E-state index is 12.5. The Labute approximate surface area is 169 Å². The summed E-state index contributed by atoms with van der Waals surface area (Å²) in [4.78, 5) is 48.0. The molecule has 2 aromatic rings. The highest BCUT2D eigenvalue weighted by molar-refractivity contribution is 8.18. The number of hydrogen-bond donors (Lipinski definition) is 2. The predicted molar refractivity (Wildman–Crippen MR) is 107 cm³/mol. The molecule has 0 aromatic heterocycles. The van der Waals surface area contributed by atoms with E-state index >= 15 is 0 Å². The van der Waals surface area contributed by atoms with Gasteiger partial charge in [0.2, 0.25) is 5.91 Å². The molecule has 1 aliphatic heterocycles. The van der Waals surface area contributed by atoms with Crippen LogP contribution in [0.2, 0.25) is 0 Å². The average Bonchev–Trinajstić information content (AvgIpc) is 2.92. The minimum Gasteiger partial charge on any atom is -0.506 e. The number of benzene rings is 2. The molecule has 29 heavy (non-hydrogen) atoms. The van der Waals surface area contributed by atoms with Gasteiger partial charge in [-0.2, -0.15) is 0 Å². The van der Waals surface area contributed by atoms with Gasteiger partial charge in [-0.05, 0) is 36.4 Å². The third kappa shape index (κ3) is 4.61. The van der Waals surface area contributed by atoms with Crippen molar-refractivity contribution in [2.75, 3.05) is 11.9 Å². The fourth-order valence-electron chi connectivity index (χ4n) is 2.52. The number of phenolic OH excluding ortho intramolecular Hbond substituents is 1. The SMILES string of the molecule is Cc1ccc(/C=C2\SC(=O)N(CC(=O)Nc3cc([N+](=O)[O-])ccc3O)C2=O)cc1. The van der Waals surface area contributed by atoms with E-state index in [9.17, 15) is 29.6 Å². The molecule has 2 aromatic carbocycles. The standard InChI is InChI=1S/C19H15N3O6S/c1-11-2-4-12(5-3-11)8-16-18(25)21(19(26)29-16)10-17(24)20-14-9-13(22(27)28)6-7-15(14)23/h2-9,23H,10H2,1H3,(H,20,24)/b16-8-. The van der Waals surface area contributed by atoms with Crippen LogP contribution in [0.5, 0.6) is 5.75 Å². The minimum atomic E-state index is -0.778. The molecule has 148 valence electrons. The van der Waals surface area contributed by atoms with E-state index in [1.165, 1.54) is 0 Å². The summed E-state index contributed by atoms with van der Waals surface area (Å²) < 4.78 is 0. The van der Waals surface area contributed by atoms with Gasteiger partial charge in [0.1, 0.15) is 12.3 Å². The van der Waals surface area contributed by atoms with Gasteiger partial charge in [-0.25, -0.2) is 0 Å². The summed E-state index contributed by atoms with van der Waals surface area (Å²) in [6.07, 6.45) is 1.56. The smallest absolute Gasteiger partial charge is 0.294 e. The molecular weight excluding hydrogens is 398 g/mol. The summed E-state index contributed by atoms with van der Waals surface area (Å²) in [6.45, 7) is 1.34. The second kappa shape index (κ2) is 8.15. The molecule has 0 bridgehead atoms. The van der Waals surface area contributed by atoms with Crippen molar-refractivity contribution in [3.05, 3.63) is 68.6 Å². The zero-order chi connectivity index (χ0) is 21.1. The second-order valence-corrected chi connectivity index (χ2v) is 7.18. The third-order valence-corrected chi connectivity index (χ3v) is 4.92. The maximum atomic E-state index is 12.5. The lowest BCUT2D eigenvalue weighted by Gasteiger charge is -2.13. The van der Waals surface area contributed by atoms with Crippen LogP contribution >= 0.6 is 11.8 Å². The van der Waals surface area contributed by atoms with Crippen molar-refractivity contribution in [1.82, 2.24) is 4.90 Å². The number of rotatable bonds is 5. The Hall–Kier alpha value is -3.66. The highest BCUT2D eigenvalue weighted by Gasteiger charge is 2.36. The van der Waals surface area contributed by atoms with Crippen LogP contribution in [0.1, 0.15) is 11.1 Å². The van der Waals surface area contributed by atoms with E-state index in [1.54, 1.807) is 18.2 Å². The first-order valence-electron chi connectivity index (χ1n) is 8.34. The molecule has 1 aliphatic rings. The van der Waals surface area contributed by atoms with Crippen LogP contribution in [-0.2, 0) is 9.59 Å². The molecular formula is C19H15N3O6S. The van der Waals surface area contributed by atoms with Gasteiger partial charge in [-0.15, -0.1) is 0 Å². The molecule has 1 saturated heterocycles. The van der Waals surface area contributed by atoms with Crippen LogP contribution in [0.4, 0.5) is 16.2 Å². The van der Waals surface area contributed by atoms with Gasteiger partial charge < -0.3 is 10.4 Å². The number of aryl methyl sites for hydroxylation is 1. The molecule has 0 unspecified atom stereocenters. The number of thioether (sulfide) groups is 1. The van der Waals surface area contributed by atoms with E-state index in [-0.39, 0.29) is 22.0 Å². The third-order valence-electron chi connectivity index (χ3n) is 4.02. The lowest BCUT2D eigenvalue weighted by atomic mass is 10.1. The number of anilines is 1. The van der Waals surface area contributed by atoms with Gasteiger partial charge in [0.25, 0.3) is 16.8 Å². The number of nitro groups is 1. The molecule has 2 N–H and O–H groups in total. The molecule has 1 heterocycles. The number of nitrogens with one attached hydrogen (secondary N) is 1. The van der Waals surface area contributed by atoms with Gasteiger partial charge in [0.15, 0.2) is 0 Å². The largest absolute Gasteiger partial charge is 0.506 e. The summed E-state index contributed by atoms with van der Waals surface area (Å²) in [6, 6.07) is 10.5. The summed E-state index contributed by atoms with van der Waals surface area (Å²) in [5, 5.41) is 22.3. The van der Waals surface area contributed by atoms with E-state index in [2.05, 4.69) is 5.32 Å². The highest BCUT2D eigenvalue weighted by Crippen LogP contribution is 2.32. The fourth-order valence-corrected chi connectivity index (χ4v) is 3.36. The molecule has 0 radical (unpaired) electrons. The summed E-state index contributed by atoms with van der Waals surface area (Å²) in [5.74, 6) is -1.77. The minimum absolute atomic E-state index is 0.185. The topological polar surface area (TPSA) is 130 Å². The number of non-ortho nitro benzene ring substituents is 1. The highest BCUT2D eigenvalue weighted by atomic mass is 32.2. The molecule has 9 nitrogen and oxygen atoms in total. The Morgan fingerprint density at radius 3 is 2.59 bits per heavy atom. The number of hydrogen-bond acceptors (Lipinski definition) is 7. The molecule has 3 amide bonds.